The van der Waals surface area contributed by atoms with Crippen molar-refractivity contribution in [2.45, 2.75) is 18.6 Å². The fourth-order valence-corrected chi connectivity index (χ4v) is 1.32. The number of anilines is 1. The van der Waals surface area contributed by atoms with Gasteiger partial charge in [0.15, 0.2) is 5.15 Å². The molecule has 0 saturated heterocycles. The van der Waals surface area contributed by atoms with Crippen LogP contribution in [0.1, 0.15) is 18.2 Å². The van der Waals surface area contributed by atoms with Gasteiger partial charge >= 0.3 is 0 Å². The lowest BCUT2D eigenvalue weighted by Gasteiger charge is -2.16. The van der Waals surface area contributed by atoms with Crippen LogP contribution >= 0.6 is 11.6 Å². The Morgan fingerprint density at radius 3 is 2.67 bits per heavy atom. The van der Waals surface area contributed by atoms with Gasteiger partial charge in [0.25, 0.3) is 0 Å². The van der Waals surface area contributed by atoms with Gasteiger partial charge in [-0.3, -0.25) is 4.98 Å². The van der Waals surface area contributed by atoms with Gasteiger partial charge in [0, 0.05) is 6.61 Å². The summed E-state index contributed by atoms with van der Waals surface area (Å²) in [4.78, 5) is 7.45. The van der Waals surface area contributed by atoms with Crippen molar-refractivity contribution in [1.29, 1.82) is 0 Å². The van der Waals surface area contributed by atoms with E-state index in [-0.39, 0.29) is 29.7 Å². The van der Waals surface area contributed by atoms with E-state index in [0.29, 0.717) is 0 Å². The van der Waals surface area contributed by atoms with Gasteiger partial charge in [-0.25, -0.2) is 4.98 Å². The fourth-order valence-electron chi connectivity index (χ4n) is 1.06. The third-order valence-corrected chi connectivity index (χ3v) is 2.12. The minimum absolute atomic E-state index is 0.0313. The zero-order valence-electron chi connectivity index (χ0n) is 7.84. The largest absolute Gasteiger partial charge is 0.396 e. The van der Waals surface area contributed by atoms with Crippen LogP contribution in [0.25, 0.3) is 0 Å². The molecule has 7 heteroatoms. The number of halogens is 1. The number of nitrogens with zero attached hydrogens (tertiary/aromatic N) is 2. The van der Waals surface area contributed by atoms with Gasteiger partial charge in [-0.2, -0.15) is 0 Å². The normalized spacial score (nSPS) is 14.9. The number of nitrogens with two attached hydrogens (primary N) is 1. The highest BCUT2D eigenvalue weighted by atomic mass is 35.5. The second kappa shape index (κ2) is 5.22. The summed E-state index contributed by atoms with van der Waals surface area (Å²) in [6.45, 7) is -0.238. The van der Waals surface area contributed by atoms with Crippen molar-refractivity contribution in [2.24, 2.45) is 0 Å². The monoisotopic (exact) mass is 233 g/mol. The van der Waals surface area contributed by atoms with Crippen LogP contribution in [0.15, 0.2) is 6.20 Å². The smallest absolute Gasteiger partial charge is 0.155 e. The maximum absolute atomic E-state index is 9.60. The quantitative estimate of drug-likeness (QED) is 0.557. The highest BCUT2D eigenvalue weighted by Crippen LogP contribution is 2.23. The van der Waals surface area contributed by atoms with Crippen LogP contribution in [0, 0.1) is 0 Å². The first kappa shape index (κ1) is 12.1. The SMILES string of the molecule is Nc1cnc(C(O)C(O)CCO)c(Cl)n1. The molecule has 0 aromatic carbocycles. The molecule has 1 heterocycles. The molecule has 0 aliphatic rings. The Labute approximate surface area is 91.4 Å². The first-order valence-electron chi connectivity index (χ1n) is 4.31. The van der Waals surface area contributed by atoms with Crippen LogP contribution in [0.3, 0.4) is 0 Å². The number of aromatic nitrogens is 2. The minimum atomic E-state index is -1.28. The van der Waals surface area contributed by atoms with Crippen LogP contribution in [0.5, 0.6) is 0 Å². The van der Waals surface area contributed by atoms with Crippen molar-refractivity contribution in [3.05, 3.63) is 17.0 Å². The zero-order chi connectivity index (χ0) is 11.4. The Balaban J connectivity index is 2.86. The van der Waals surface area contributed by atoms with Gasteiger partial charge in [0.05, 0.1) is 12.3 Å². The number of aliphatic hydroxyl groups excluding tert-OH is 3. The van der Waals surface area contributed by atoms with Crippen LogP contribution in [0.4, 0.5) is 5.82 Å². The van der Waals surface area contributed by atoms with E-state index in [1.54, 1.807) is 0 Å². The second-order valence-electron chi connectivity index (χ2n) is 3.00. The van der Waals surface area contributed by atoms with Gasteiger partial charge in [0.1, 0.15) is 17.6 Å². The van der Waals surface area contributed by atoms with E-state index < -0.39 is 12.2 Å². The molecule has 15 heavy (non-hydrogen) atoms. The molecule has 0 aliphatic carbocycles. The summed E-state index contributed by atoms with van der Waals surface area (Å²) in [7, 11) is 0. The zero-order valence-corrected chi connectivity index (χ0v) is 8.59. The van der Waals surface area contributed by atoms with Crippen LogP contribution < -0.4 is 5.73 Å². The standard InChI is InChI=1S/C8H12ClN3O3/c9-8-6(11-3-5(10)12-8)7(15)4(14)1-2-13/h3-4,7,13-15H,1-2H2,(H2,10,12). The number of rotatable bonds is 4. The van der Waals surface area contributed by atoms with E-state index in [1.165, 1.54) is 6.20 Å². The summed E-state index contributed by atoms with van der Waals surface area (Å²) in [5, 5.41) is 27.5. The van der Waals surface area contributed by atoms with Gasteiger partial charge in [-0.1, -0.05) is 11.6 Å². The molecule has 1 aromatic rings. The molecule has 0 fully saturated rings. The Kier molecular flexibility index (Phi) is 4.22. The van der Waals surface area contributed by atoms with Gasteiger partial charge < -0.3 is 21.1 Å². The predicted molar refractivity (Wildman–Crippen MR) is 54.1 cm³/mol. The van der Waals surface area contributed by atoms with E-state index in [2.05, 4.69) is 9.97 Å². The Bertz CT molecular complexity index is 337. The number of aliphatic hydroxyl groups is 3. The van der Waals surface area contributed by atoms with Crippen LogP contribution in [0.2, 0.25) is 5.15 Å². The third kappa shape index (κ3) is 3.00. The molecular formula is C8H12ClN3O3. The van der Waals surface area contributed by atoms with E-state index in [1.807, 2.05) is 0 Å². The fraction of sp³-hybridized carbons (Fsp3) is 0.500. The topological polar surface area (TPSA) is 112 Å². The summed E-state index contributed by atoms with van der Waals surface area (Å²) in [6, 6.07) is 0. The van der Waals surface area contributed by atoms with Gasteiger partial charge in [-0.05, 0) is 6.42 Å². The summed E-state index contributed by atoms with van der Waals surface area (Å²) < 4.78 is 0. The molecule has 0 saturated carbocycles. The number of nitrogen functional groups attached to an aromatic ring is 1. The van der Waals surface area contributed by atoms with Crippen molar-refractivity contribution < 1.29 is 15.3 Å². The van der Waals surface area contributed by atoms with Crippen molar-refractivity contribution in [3.63, 3.8) is 0 Å². The lowest BCUT2D eigenvalue weighted by Crippen LogP contribution is -2.21. The Morgan fingerprint density at radius 1 is 1.47 bits per heavy atom. The van der Waals surface area contributed by atoms with Gasteiger partial charge in [-0.15, -0.1) is 0 Å². The molecule has 1 rings (SSSR count). The van der Waals surface area contributed by atoms with E-state index in [0.717, 1.165) is 0 Å². The molecule has 0 bridgehead atoms. The summed E-state index contributed by atoms with van der Waals surface area (Å²) in [5.74, 6) is 0.132. The van der Waals surface area contributed by atoms with Crippen molar-refractivity contribution in [2.75, 3.05) is 12.3 Å². The van der Waals surface area contributed by atoms with E-state index in [9.17, 15) is 10.2 Å². The third-order valence-electron chi connectivity index (χ3n) is 1.84. The lowest BCUT2D eigenvalue weighted by atomic mass is 10.1. The second-order valence-corrected chi connectivity index (χ2v) is 3.35. The highest BCUT2D eigenvalue weighted by Gasteiger charge is 2.22. The molecule has 0 radical (unpaired) electrons. The predicted octanol–water partition coefficient (Wildman–Crippen LogP) is -0.511. The molecule has 2 unspecified atom stereocenters. The summed E-state index contributed by atoms with van der Waals surface area (Å²) in [5.41, 5.74) is 5.37. The highest BCUT2D eigenvalue weighted by molar-refractivity contribution is 6.30. The number of hydrogen-bond donors (Lipinski definition) is 4. The van der Waals surface area contributed by atoms with Crippen molar-refractivity contribution >= 4 is 17.4 Å². The van der Waals surface area contributed by atoms with Crippen molar-refractivity contribution in [3.8, 4) is 0 Å². The maximum Gasteiger partial charge on any atom is 0.155 e. The first-order chi connectivity index (χ1) is 7.06. The average molecular weight is 234 g/mol. The molecule has 0 aliphatic heterocycles. The Morgan fingerprint density at radius 2 is 2.13 bits per heavy atom. The minimum Gasteiger partial charge on any atom is -0.396 e. The molecule has 6 nitrogen and oxygen atoms in total. The van der Waals surface area contributed by atoms with E-state index in [4.69, 9.17) is 22.4 Å². The molecule has 0 amide bonds. The van der Waals surface area contributed by atoms with Crippen LogP contribution in [-0.4, -0.2) is 38.0 Å². The average Bonchev–Trinajstić information content (AvgIpc) is 2.17. The van der Waals surface area contributed by atoms with Gasteiger partial charge in [0.2, 0.25) is 0 Å². The van der Waals surface area contributed by atoms with E-state index >= 15 is 0 Å². The maximum atomic E-state index is 9.60. The van der Waals surface area contributed by atoms with Crippen molar-refractivity contribution in [1.82, 2.24) is 9.97 Å². The van der Waals surface area contributed by atoms with Crippen LogP contribution in [-0.2, 0) is 0 Å². The molecule has 1 aromatic heterocycles. The summed E-state index contributed by atoms with van der Waals surface area (Å²) in [6.07, 6.45) is -1.15. The number of hydrogen-bond acceptors (Lipinski definition) is 6. The Hall–Kier alpha value is -0.950. The molecule has 5 N–H and O–H groups in total. The molecule has 84 valence electrons. The summed E-state index contributed by atoms with van der Waals surface area (Å²) >= 11 is 5.68. The molecule has 2 atom stereocenters. The molecule has 0 spiro atoms. The first-order valence-corrected chi connectivity index (χ1v) is 4.69. The lowest BCUT2D eigenvalue weighted by molar-refractivity contribution is 0.00179. The molecular weight excluding hydrogens is 222 g/mol.